The summed E-state index contributed by atoms with van der Waals surface area (Å²) in [5, 5.41) is 10.4. The first-order valence-electron chi connectivity index (χ1n) is 12.3. The molecule has 0 radical (unpaired) electrons. The van der Waals surface area contributed by atoms with Gasteiger partial charge in [0.1, 0.15) is 0 Å². The van der Waals surface area contributed by atoms with Gasteiger partial charge in [-0.1, -0.05) is 19.3 Å². The molecule has 1 aromatic rings. The van der Waals surface area contributed by atoms with Gasteiger partial charge in [-0.05, 0) is 32.6 Å². The Hall–Kier alpha value is -0.650. The summed E-state index contributed by atoms with van der Waals surface area (Å²) in [7, 11) is 0. The summed E-state index contributed by atoms with van der Waals surface area (Å²) < 4.78 is 5.62. The lowest BCUT2D eigenvalue weighted by Crippen LogP contribution is -2.56. The molecule has 32 heavy (non-hydrogen) atoms. The second-order valence-corrected chi connectivity index (χ2v) is 9.91. The number of halogens is 1. The van der Waals surface area contributed by atoms with Crippen molar-refractivity contribution in [2.45, 2.75) is 63.8 Å². The molecule has 9 heteroatoms. The van der Waals surface area contributed by atoms with Crippen molar-refractivity contribution in [2.24, 2.45) is 4.99 Å². The van der Waals surface area contributed by atoms with Gasteiger partial charge in [0.2, 0.25) is 0 Å². The SMILES string of the molecule is CCNC(=NCC1(N2CCOCC2)CCCCC1)NCCc1csc(N2CCCC2)n1.I. The number of morpholine rings is 1. The van der Waals surface area contributed by atoms with Crippen LogP contribution in [0.25, 0.3) is 0 Å². The van der Waals surface area contributed by atoms with E-state index in [9.17, 15) is 0 Å². The van der Waals surface area contributed by atoms with E-state index in [-0.39, 0.29) is 29.5 Å². The van der Waals surface area contributed by atoms with E-state index in [4.69, 9.17) is 14.7 Å². The predicted octanol–water partition coefficient (Wildman–Crippen LogP) is 3.49. The second-order valence-electron chi connectivity index (χ2n) is 9.07. The Bertz CT molecular complexity index is 696. The molecule has 3 aliphatic rings. The van der Waals surface area contributed by atoms with Gasteiger partial charge in [-0.2, -0.15) is 0 Å². The molecule has 0 amide bonds. The standard InChI is InChI=1S/C23H40N6OS.HI/c1-2-24-21(25-11-8-20-18-31-22(27-20)28-12-6-7-13-28)26-19-23(9-4-3-5-10-23)29-14-16-30-17-15-29;/h18H,2-17,19H2,1H3,(H2,24,25,26);1H. The lowest BCUT2D eigenvalue weighted by Gasteiger charge is -2.47. The van der Waals surface area contributed by atoms with Crippen LogP contribution in [0.3, 0.4) is 0 Å². The first-order chi connectivity index (χ1) is 15.3. The minimum Gasteiger partial charge on any atom is -0.379 e. The van der Waals surface area contributed by atoms with E-state index in [2.05, 4.69) is 32.7 Å². The number of ether oxygens (including phenoxy) is 1. The van der Waals surface area contributed by atoms with E-state index >= 15 is 0 Å². The van der Waals surface area contributed by atoms with Gasteiger partial charge >= 0.3 is 0 Å². The smallest absolute Gasteiger partial charge is 0.191 e. The third-order valence-corrected chi connectivity index (χ3v) is 7.88. The maximum absolute atomic E-state index is 5.62. The lowest BCUT2D eigenvalue weighted by molar-refractivity contribution is -0.0333. The second kappa shape index (κ2) is 13.3. The third kappa shape index (κ3) is 6.93. The maximum Gasteiger partial charge on any atom is 0.191 e. The van der Waals surface area contributed by atoms with Gasteiger partial charge in [0.25, 0.3) is 0 Å². The fourth-order valence-electron chi connectivity index (χ4n) is 5.16. The molecule has 1 saturated carbocycles. The monoisotopic (exact) mass is 576 g/mol. The molecule has 2 N–H and O–H groups in total. The number of aliphatic imine (C=N–C) groups is 1. The molecule has 2 aliphatic heterocycles. The van der Waals surface area contributed by atoms with Gasteiger partial charge in [-0.3, -0.25) is 9.89 Å². The van der Waals surface area contributed by atoms with Gasteiger partial charge in [-0.25, -0.2) is 4.98 Å². The zero-order valence-electron chi connectivity index (χ0n) is 19.6. The third-order valence-electron chi connectivity index (χ3n) is 6.93. The Morgan fingerprint density at radius 2 is 1.84 bits per heavy atom. The number of hydrogen-bond donors (Lipinski definition) is 2. The minimum atomic E-state index is 0. The van der Waals surface area contributed by atoms with E-state index in [0.717, 1.165) is 71.4 Å². The normalized spacial score (nSPS) is 21.9. The van der Waals surface area contributed by atoms with Crippen LogP contribution in [0.4, 0.5) is 5.13 Å². The van der Waals surface area contributed by atoms with Crippen LogP contribution in [0, 0.1) is 0 Å². The van der Waals surface area contributed by atoms with Crippen LogP contribution in [-0.4, -0.2) is 80.4 Å². The molecule has 2 saturated heterocycles. The Morgan fingerprint density at radius 3 is 2.56 bits per heavy atom. The molecule has 3 fully saturated rings. The van der Waals surface area contributed by atoms with Crippen LogP contribution in [-0.2, 0) is 11.2 Å². The van der Waals surface area contributed by atoms with Gasteiger partial charge in [0.05, 0.1) is 25.5 Å². The molecule has 4 rings (SSSR count). The highest BCUT2D eigenvalue weighted by atomic mass is 127. The summed E-state index contributed by atoms with van der Waals surface area (Å²) >= 11 is 1.79. The molecule has 182 valence electrons. The van der Waals surface area contributed by atoms with Gasteiger partial charge < -0.3 is 20.3 Å². The van der Waals surface area contributed by atoms with Crippen LogP contribution < -0.4 is 15.5 Å². The molecule has 0 aromatic carbocycles. The number of nitrogens with zero attached hydrogens (tertiary/aromatic N) is 4. The molecule has 0 unspecified atom stereocenters. The number of rotatable bonds is 8. The summed E-state index contributed by atoms with van der Waals surface area (Å²) in [6, 6.07) is 0. The first-order valence-corrected chi connectivity index (χ1v) is 13.2. The highest BCUT2D eigenvalue weighted by Gasteiger charge is 2.38. The van der Waals surface area contributed by atoms with Crippen molar-refractivity contribution in [1.29, 1.82) is 0 Å². The number of anilines is 1. The zero-order chi connectivity index (χ0) is 21.4. The van der Waals surface area contributed by atoms with Gasteiger partial charge in [0.15, 0.2) is 11.1 Å². The van der Waals surface area contributed by atoms with Gasteiger partial charge in [0, 0.05) is 56.6 Å². The van der Waals surface area contributed by atoms with E-state index in [1.807, 2.05) is 0 Å². The van der Waals surface area contributed by atoms with Crippen molar-refractivity contribution in [3.05, 3.63) is 11.1 Å². The highest BCUT2D eigenvalue weighted by Crippen LogP contribution is 2.34. The van der Waals surface area contributed by atoms with Crippen molar-refractivity contribution in [1.82, 2.24) is 20.5 Å². The predicted molar refractivity (Wildman–Crippen MR) is 145 cm³/mol. The topological polar surface area (TPSA) is 65.0 Å². The van der Waals surface area contributed by atoms with Crippen LogP contribution in [0.15, 0.2) is 10.4 Å². The highest BCUT2D eigenvalue weighted by molar-refractivity contribution is 14.0. The average Bonchev–Trinajstić information content (AvgIpc) is 3.51. The molecule has 1 aliphatic carbocycles. The zero-order valence-corrected chi connectivity index (χ0v) is 22.8. The summed E-state index contributed by atoms with van der Waals surface area (Å²) in [5.74, 6) is 0.940. The average molecular weight is 577 g/mol. The molecule has 0 spiro atoms. The summed E-state index contributed by atoms with van der Waals surface area (Å²) in [6.45, 7) is 10.9. The Labute approximate surface area is 214 Å². The van der Waals surface area contributed by atoms with Crippen LogP contribution >= 0.6 is 35.3 Å². The Kier molecular flexibility index (Phi) is 10.8. The van der Waals surface area contributed by atoms with E-state index in [1.54, 1.807) is 11.3 Å². The van der Waals surface area contributed by atoms with Crippen LogP contribution in [0.2, 0.25) is 0 Å². The van der Waals surface area contributed by atoms with Crippen molar-refractivity contribution < 1.29 is 4.74 Å². The Morgan fingerprint density at radius 1 is 1.09 bits per heavy atom. The van der Waals surface area contributed by atoms with Crippen molar-refractivity contribution >= 4 is 46.4 Å². The number of nitrogens with one attached hydrogen (secondary N) is 2. The number of thiazole rings is 1. The molecular formula is C23H41IN6OS. The molecule has 1 aromatic heterocycles. The molecule has 0 bridgehead atoms. The number of guanidine groups is 1. The largest absolute Gasteiger partial charge is 0.379 e. The quantitative estimate of drug-likeness (QED) is 0.281. The fraction of sp³-hybridized carbons (Fsp3) is 0.826. The van der Waals surface area contributed by atoms with Crippen molar-refractivity contribution in [3.8, 4) is 0 Å². The van der Waals surface area contributed by atoms with E-state index in [0.29, 0.717) is 0 Å². The van der Waals surface area contributed by atoms with Gasteiger partial charge in [-0.15, -0.1) is 35.3 Å². The number of hydrogen-bond acceptors (Lipinski definition) is 6. The van der Waals surface area contributed by atoms with E-state index in [1.165, 1.54) is 55.8 Å². The van der Waals surface area contributed by atoms with Crippen LogP contribution in [0.5, 0.6) is 0 Å². The lowest BCUT2D eigenvalue weighted by atomic mass is 9.80. The van der Waals surface area contributed by atoms with E-state index < -0.39 is 0 Å². The summed E-state index contributed by atoms with van der Waals surface area (Å²) in [4.78, 5) is 15.0. The minimum absolute atomic E-state index is 0. The first kappa shape index (κ1) is 26.0. The maximum atomic E-state index is 5.62. The van der Waals surface area contributed by atoms with Crippen LogP contribution in [0.1, 0.15) is 57.6 Å². The molecule has 3 heterocycles. The Balaban J connectivity index is 0.00000289. The number of aromatic nitrogens is 1. The summed E-state index contributed by atoms with van der Waals surface area (Å²) in [6.07, 6.45) is 10.0. The molecule has 0 atom stereocenters. The van der Waals surface area contributed by atoms with Crippen molar-refractivity contribution in [3.63, 3.8) is 0 Å². The molecular weight excluding hydrogens is 535 g/mol. The molecule has 7 nitrogen and oxygen atoms in total. The fourth-order valence-corrected chi connectivity index (χ4v) is 6.08. The summed E-state index contributed by atoms with van der Waals surface area (Å²) in [5.41, 5.74) is 1.40. The van der Waals surface area contributed by atoms with Crippen molar-refractivity contribution in [2.75, 3.05) is 63.9 Å².